The Morgan fingerprint density at radius 1 is 1.09 bits per heavy atom. The summed E-state index contributed by atoms with van der Waals surface area (Å²) in [6, 6.07) is 15.5. The van der Waals surface area contributed by atoms with Crippen molar-refractivity contribution >= 4 is 11.3 Å². The first-order valence-electron chi connectivity index (χ1n) is 8.49. The lowest BCUT2D eigenvalue weighted by molar-refractivity contribution is 0.0550. The summed E-state index contributed by atoms with van der Waals surface area (Å²) in [6.45, 7) is 5.70. The molecule has 124 valence electrons. The highest BCUT2D eigenvalue weighted by molar-refractivity contribution is 7.09. The van der Waals surface area contributed by atoms with Gasteiger partial charge < -0.3 is 10.0 Å². The molecule has 2 aromatic rings. The molecule has 0 spiro atoms. The second-order valence-electron chi connectivity index (χ2n) is 6.25. The zero-order valence-corrected chi connectivity index (χ0v) is 14.4. The molecule has 0 aliphatic carbocycles. The third kappa shape index (κ3) is 4.88. The van der Waals surface area contributed by atoms with Crippen LogP contribution < -0.4 is 0 Å². The van der Waals surface area contributed by atoms with E-state index in [4.69, 9.17) is 0 Å². The summed E-state index contributed by atoms with van der Waals surface area (Å²) in [5, 5.41) is 11.6. The van der Waals surface area contributed by atoms with Gasteiger partial charge >= 0.3 is 0 Å². The number of rotatable bonds is 7. The van der Waals surface area contributed by atoms with Crippen LogP contribution in [0.1, 0.15) is 16.9 Å². The fourth-order valence-corrected chi connectivity index (χ4v) is 4.06. The Bertz CT molecular complexity index is 558. The molecule has 3 nitrogen and oxygen atoms in total. The monoisotopic (exact) mass is 330 g/mol. The van der Waals surface area contributed by atoms with Crippen LogP contribution >= 0.6 is 11.3 Å². The van der Waals surface area contributed by atoms with E-state index in [-0.39, 0.29) is 6.61 Å². The summed E-state index contributed by atoms with van der Waals surface area (Å²) < 4.78 is 0. The molecule has 0 unspecified atom stereocenters. The smallest absolute Gasteiger partial charge is 0.0446 e. The normalized spacial score (nSPS) is 20.0. The molecular formula is C19H26N2OS. The van der Waals surface area contributed by atoms with Crippen molar-refractivity contribution in [2.24, 2.45) is 0 Å². The quantitative estimate of drug-likeness (QED) is 0.846. The molecule has 4 heteroatoms. The fourth-order valence-electron chi connectivity index (χ4n) is 3.33. The SMILES string of the molecule is OCC[C@H]1CN(CCc2ccccc2)CCN1Cc1cccs1. The van der Waals surface area contributed by atoms with Gasteiger partial charge in [0.1, 0.15) is 0 Å². The minimum atomic E-state index is 0.276. The summed E-state index contributed by atoms with van der Waals surface area (Å²) in [7, 11) is 0. The fraction of sp³-hybridized carbons (Fsp3) is 0.474. The summed E-state index contributed by atoms with van der Waals surface area (Å²) in [5.74, 6) is 0. The Morgan fingerprint density at radius 2 is 1.96 bits per heavy atom. The zero-order valence-electron chi connectivity index (χ0n) is 13.6. The number of nitrogens with zero attached hydrogens (tertiary/aromatic N) is 2. The largest absolute Gasteiger partial charge is 0.396 e. The van der Waals surface area contributed by atoms with Crippen molar-refractivity contribution in [3.05, 3.63) is 58.3 Å². The van der Waals surface area contributed by atoms with E-state index in [1.165, 1.54) is 10.4 Å². The molecule has 3 rings (SSSR count). The maximum absolute atomic E-state index is 9.41. The van der Waals surface area contributed by atoms with Gasteiger partial charge in [0.25, 0.3) is 0 Å². The van der Waals surface area contributed by atoms with Crippen LogP contribution in [0.3, 0.4) is 0 Å². The lowest BCUT2D eigenvalue weighted by Gasteiger charge is -2.41. The maximum atomic E-state index is 9.41. The lowest BCUT2D eigenvalue weighted by Crippen LogP contribution is -2.53. The Hall–Kier alpha value is -1.20. The summed E-state index contributed by atoms with van der Waals surface area (Å²) in [4.78, 5) is 6.52. The Morgan fingerprint density at radius 3 is 2.70 bits per heavy atom. The average molecular weight is 330 g/mol. The summed E-state index contributed by atoms with van der Waals surface area (Å²) >= 11 is 1.83. The molecule has 0 saturated carbocycles. The third-order valence-corrected chi connectivity index (χ3v) is 5.51. The third-order valence-electron chi connectivity index (χ3n) is 4.65. The van der Waals surface area contributed by atoms with Gasteiger partial charge in [-0.2, -0.15) is 0 Å². The second-order valence-corrected chi connectivity index (χ2v) is 7.28. The minimum absolute atomic E-state index is 0.276. The number of aliphatic hydroxyl groups excluding tert-OH is 1. The van der Waals surface area contributed by atoms with Crippen molar-refractivity contribution in [1.29, 1.82) is 0 Å². The molecule has 1 aromatic heterocycles. The molecule has 1 N–H and O–H groups in total. The van der Waals surface area contributed by atoms with Crippen LogP contribution in [0, 0.1) is 0 Å². The van der Waals surface area contributed by atoms with Crippen LogP contribution in [0.25, 0.3) is 0 Å². The highest BCUT2D eigenvalue weighted by Gasteiger charge is 2.26. The first kappa shape index (κ1) is 16.7. The molecular weight excluding hydrogens is 304 g/mol. The van der Waals surface area contributed by atoms with Crippen LogP contribution in [0.2, 0.25) is 0 Å². The van der Waals surface area contributed by atoms with Gasteiger partial charge in [0.05, 0.1) is 0 Å². The molecule has 1 aliphatic rings. The molecule has 1 atom stereocenters. The number of hydrogen-bond acceptors (Lipinski definition) is 4. The van der Waals surface area contributed by atoms with Crippen molar-refractivity contribution in [2.45, 2.75) is 25.4 Å². The van der Waals surface area contributed by atoms with Gasteiger partial charge in [-0.15, -0.1) is 11.3 Å². The van der Waals surface area contributed by atoms with E-state index >= 15 is 0 Å². The van der Waals surface area contributed by atoms with Crippen molar-refractivity contribution in [1.82, 2.24) is 9.80 Å². The molecule has 0 radical (unpaired) electrons. The first-order chi connectivity index (χ1) is 11.3. The van der Waals surface area contributed by atoms with E-state index in [2.05, 4.69) is 57.6 Å². The average Bonchev–Trinajstić information content (AvgIpc) is 3.09. The van der Waals surface area contributed by atoms with E-state index < -0.39 is 0 Å². The van der Waals surface area contributed by atoms with E-state index in [1.54, 1.807) is 0 Å². The van der Waals surface area contributed by atoms with E-state index in [0.717, 1.165) is 45.6 Å². The first-order valence-corrected chi connectivity index (χ1v) is 9.36. The van der Waals surface area contributed by atoms with Crippen molar-refractivity contribution in [3.63, 3.8) is 0 Å². The Balaban J connectivity index is 1.53. The summed E-state index contributed by atoms with van der Waals surface area (Å²) in [5.41, 5.74) is 1.41. The summed E-state index contributed by atoms with van der Waals surface area (Å²) in [6.07, 6.45) is 1.98. The number of benzene rings is 1. The van der Waals surface area contributed by atoms with Crippen molar-refractivity contribution < 1.29 is 5.11 Å². The standard InChI is InChI=1S/C19H26N2OS/c22-13-9-18-15-20(10-8-17-5-2-1-3-6-17)11-12-21(18)16-19-7-4-14-23-19/h1-7,14,18,22H,8-13,15-16H2/t18-/m0/s1. The van der Waals surface area contributed by atoms with Gasteiger partial charge in [0.2, 0.25) is 0 Å². The molecule has 0 amide bonds. The van der Waals surface area contributed by atoms with Crippen LogP contribution in [-0.4, -0.2) is 53.7 Å². The van der Waals surface area contributed by atoms with Gasteiger partial charge in [-0.05, 0) is 29.9 Å². The lowest BCUT2D eigenvalue weighted by atomic mass is 10.1. The van der Waals surface area contributed by atoms with E-state index in [9.17, 15) is 5.11 Å². The number of thiophene rings is 1. The van der Waals surface area contributed by atoms with Gasteiger partial charge in [0.15, 0.2) is 0 Å². The Kier molecular flexibility index (Phi) is 6.22. The van der Waals surface area contributed by atoms with E-state index in [1.807, 2.05) is 11.3 Å². The van der Waals surface area contributed by atoms with Gasteiger partial charge in [-0.1, -0.05) is 36.4 Å². The highest BCUT2D eigenvalue weighted by atomic mass is 32.1. The molecule has 1 aliphatic heterocycles. The molecule has 1 saturated heterocycles. The Labute approximate surface area is 143 Å². The molecule has 0 bridgehead atoms. The van der Waals surface area contributed by atoms with Gasteiger partial charge in [0, 0.05) is 50.2 Å². The van der Waals surface area contributed by atoms with Gasteiger partial charge in [-0.3, -0.25) is 4.90 Å². The second kappa shape index (κ2) is 8.60. The molecule has 1 aromatic carbocycles. The van der Waals surface area contributed by atoms with Crippen LogP contribution in [-0.2, 0) is 13.0 Å². The van der Waals surface area contributed by atoms with Crippen LogP contribution in [0.5, 0.6) is 0 Å². The zero-order chi connectivity index (χ0) is 15.9. The number of hydrogen-bond donors (Lipinski definition) is 1. The maximum Gasteiger partial charge on any atom is 0.0446 e. The topological polar surface area (TPSA) is 26.7 Å². The number of piperazine rings is 1. The van der Waals surface area contributed by atoms with Gasteiger partial charge in [-0.25, -0.2) is 0 Å². The van der Waals surface area contributed by atoms with Crippen molar-refractivity contribution in [3.8, 4) is 0 Å². The molecule has 1 fully saturated rings. The predicted octanol–water partition coefficient (Wildman–Crippen LogP) is 2.86. The predicted molar refractivity (Wildman–Crippen MR) is 96.8 cm³/mol. The van der Waals surface area contributed by atoms with Crippen LogP contribution in [0.4, 0.5) is 0 Å². The highest BCUT2D eigenvalue weighted by Crippen LogP contribution is 2.19. The van der Waals surface area contributed by atoms with E-state index in [0.29, 0.717) is 6.04 Å². The van der Waals surface area contributed by atoms with Crippen LogP contribution in [0.15, 0.2) is 47.8 Å². The minimum Gasteiger partial charge on any atom is -0.396 e. The molecule has 2 heterocycles. The number of aliphatic hydroxyl groups is 1. The van der Waals surface area contributed by atoms with Crippen molar-refractivity contribution in [2.75, 3.05) is 32.8 Å². The molecule has 23 heavy (non-hydrogen) atoms.